The minimum atomic E-state index is -1.55. The van der Waals surface area contributed by atoms with Crippen LogP contribution in [-0.4, -0.2) is 363 Å². The van der Waals surface area contributed by atoms with Crippen molar-refractivity contribution in [2.24, 2.45) is 5.41 Å². The van der Waals surface area contributed by atoms with E-state index in [-0.39, 0.29) is 79.3 Å². The average Bonchev–Trinajstić information content (AvgIpc) is 3.51. The fraction of sp³-hybridized carbons (Fsp3) is 1.00. The second-order valence-electron chi connectivity index (χ2n) is 21.3. The molecule has 4 fully saturated rings. The predicted molar refractivity (Wildman–Crippen MR) is 285 cm³/mol. The summed E-state index contributed by atoms with van der Waals surface area (Å²) >= 11 is 0. The van der Waals surface area contributed by atoms with Crippen LogP contribution in [0.5, 0.6) is 0 Å². The Bertz CT molecular complexity index is 1400. The first-order valence-corrected chi connectivity index (χ1v) is 29.3. The monoisotopic (exact) mass is 1250 g/mol. The lowest BCUT2D eigenvalue weighted by Crippen LogP contribution is -2.59. The van der Waals surface area contributed by atoms with Gasteiger partial charge in [-0.15, -0.1) is 0 Å². The van der Waals surface area contributed by atoms with Gasteiger partial charge in [0.25, 0.3) is 0 Å². The van der Waals surface area contributed by atoms with E-state index < -0.39 is 155 Å². The van der Waals surface area contributed by atoms with Gasteiger partial charge < -0.3 is 157 Å². The molecule has 0 saturated carbocycles. The molecular formula is C53H100O32. The number of rotatable bonds is 48. The highest BCUT2D eigenvalue weighted by Crippen LogP contribution is 2.27. The van der Waals surface area contributed by atoms with Crippen LogP contribution in [0.15, 0.2) is 0 Å². The smallest absolute Gasteiger partial charge is 0.186 e. The lowest BCUT2D eigenvalue weighted by Gasteiger charge is -2.39. The van der Waals surface area contributed by atoms with Crippen LogP contribution in [-0.2, 0) is 75.8 Å². The van der Waals surface area contributed by atoms with Gasteiger partial charge in [0.15, 0.2) is 25.2 Å². The van der Waals surface area contributed by atoms with Crippen molar-refractivity contribution >= 4 is 0 Å². The molecule has 0 amide bonds. The highest BCUT2D eigenvalue weighted by atomic mass is 16.7. The van der Waals surface area contributed by atoms with E-state index >= 15 is 0 Å². The second kappa shape index (κ2) is 43.5. The Labute approximate surface area is 494 Å². The summed E-state index contributed by atoms with van der Waals surface area (Å²) in [5.41, 5.74) is -0.823. The van der Waals surface area contributed by atoms with E-state index in [4.69, 9.17) is 75.8 Å². The zero-order chi connectivity index (χ0) is 62.0. The first-order chi connectivity index (χ1) is 41.0. The first kappa shape index (κ1) is 76.2. The molecule has 4 rings (SSSR count). The average molecular weight is 1250 g/mol. The number of hydrogen-bond acceptors (Lipinski definition) is 32. The van der Waals surface area contributed by atoms with E-state index in [0.717, 1.165) is 0 Å². The molecule has 20 atom stereocenters. The number of hydrogen-bond donors (Lipinski definition) is 16. The molecule has 32 nitrogen and oxygen atoms in total. The van der Waals surface area contributed by atoms with Crippen molar-refractivity contribution in [3.8, 4) is 0 Å². The van der Waals surface area contributed by atoms with Crippen molar-refractivity contribution in [2.45, 2.75) is 174 Å². The highest BCUT2D eigenvalue weighted by Gasteiger charge is 2.47. The van der Waals surface area contributed by atoms with Crippen molar-refractivity contribution in [3.63, 3.8) is 0 Å². The van der Waals surface area contributed by atoms with Crippen LogP contribution in [0.2, 0.25) is 0 Å². The summed E-state index contributed by atoms with van der Waals surface area (Å²) in [5, 5.41) is 159. The third-order valence-corrected chi connectivity index (χ3v) is 14.2. The molecule has 0 aliphatic carbocycles. The van der Waals surface area contributed by atoms with Crippen LogP contribution < -0.4 is 0 Å². The van der Waals surface area contributed by atoms with Gasteiger partial charge in [-0.2, -0.15) is 0 Å². The summed E-state index contributed by atoms with van der Waals surface area (Å²) < 4.78 is 91.5. The molecule has 0 aromatic heterocycles. The zero-order valence-corrected chi connectivity index (χ0v) is 48.4. The Balaban J connectivity index is 1.24. The van der Waals surface area contributed by atoms with Gasteiger partial charge in [0, 0.05) is 79.3 Å². The van der Waals surface area contributed by atoms with Crippen molar-refractivity contribution < 1.29 is 157 Å². The second-order valence-corrected chi connectivity index (χ2v) is 21.3. The normalized spacial score (nSPS) is 33.9. The fourth-order valence-corrected chi connectivity index (χ4v) is 9.13. The van der Waals surface area contributed by atoms with Crippen LogP contribution in [0.25, 0.3) is 0 Å². The van der Waals surface area contributed by atoms with Crippen LogP contribution in [0.4, 0.5) is 0 Å². The summed E-state index contributed by atoms with van der Waals surface area (Å²) in [6, 6.07) is 0. The van der Waals surface area contributed by atoms with Crippen LogP contribution in [0.1, 0.15) is 51.4 Å². The van der Waals surface area contributed by atoms with Crippen LogP contribution >= 0.6 is 0 Å². The Kier molecular flexibility index (Phi) is 39.0. The molecule has 16 N–H and O–H groups in total. The molecule has 4 aliphatic rings. The van der Waals surface area contributed by atoms with E-state index in [1.165, 1.54) is 0 Å². The lowest BCUT2D eigenvalue weighted by atomic mass is 9.92. The van der Waals surface area contributed by atoms with Crippen molar-refractivity contribution in [3.05, 3.63) is 0 Å². The minimum absolute atomic E-state index is 0.0997. The lowest BCUT2D eigenvalue weighted by molar-refractivity contribution is -0.301. The number of ether oxygens (including phenoxy) is 16. The highest BCUT2D eigenvalue weighted by molar-refractivity contribution is 4.92. The molecule has 0 spiro atoms. The zero-order valence-electron chi connectivity index (χ0n) is 48.4. The first-order valence-electron chi connectivity index (χ1n) is 29.3. The largest absolute Gasteiger partial charge is 0.394 e. The molecule has 0 aromatic rings. The molecular weight excluding hydrogens is 1150 g/mol. The molecule has 0 aromatic carbocycles. The third-order valence-electron chi connectivity index (χ3n) is 14.2. The fourth-order valence-electron chi connectivity index (χ4n) is 9.13. The van der Waals surface area contributed by atoms with Gasteiger partial charge in [-0.25, -0.2) is 0 Å². The standard InChI is InChI=1S/C53H100O32/c54-25-33-37(58)41(62)45(66)49(82-33)78-21-5-13-70-9-1-17-74-29-53(30-75-18-2-10-71-14-6-22-79-50-46(67)42(63)38(59)34(26-55)83-50,31-76-19-3-11-72-15-7-23-80-51-47(68)43(64)39(60)35(27-56)84-51)32-77-20-4-12-73-16-8-24-81-52-48(69)44(65)40(61)36(28-57)85-52/h33-52,54-69H,1-32H2/t33-,34-,35-,36-,37-,38-,39-,40-,41+,42+,43+,44+,45+,46+,47+,48+,49+,50+,51+,52+/m1/s1. The van der Waals surface area contributed by atoms with E-state index in [9.17, 15) is 81.7 Å². The Morgan fingerprint density at radius 3 is 0.588 bits per heavy atom. The number of aliphatic hydroxyl groups is 16. The van der Waals surface area contributed by atoms with E-state index in [0.29, 0.717) is 104 Å². The topological polar surface area (TPSA) is 471 Å². The van der Waals surface area contributed by atoms with Crippen molar-refractivity contribution in [1.82, 2.24) is 0 Å². The van der Waals surface area contributed by atoms with Gasteiger partial charge in [0.2, 0.25) is 0 Å². The van der Waals surface area contributed by atoms with Crippen LogP contribution in [0.3, 0.4) is 0 Å². The van der Waals surface area contributed by atoms with E-state index in [1.807, 2.05) is 0 Å². The van der Waals surface area contributed by atoms with Gasteiger partial charge in [0.05, 0.1) is 84.7 Å². The maximum absolute atomic E-state index is 10.2. The Hall–Kier alpha value is -1.28. The summed E-state index contributed by atoms with van der Waals surface area (Å²) in [5.74, 6) is 0. The molecule has 85 heavy (non-hydrogen) atoms. The maximum atomic E-state index is 10.2. The van der Waals surface area contributed by atoms with Crippen molar-refractivity contribution in [1.29, 1.82) is 0 Å². The summed E-state index contributed by atoms with van der Waals surface area (Å²) in [4.78, 5) is 0. The quantitative estimate of drug-likeness (QED) is 0.0252. The molecule has 0 unspecified atom stereocenters. The maximum Gasteiger partial charge on any atom is 0.186 e. The van der Waals surface area contributed by atoms with E-state index in [2.05, 4.69) is 0 Å². The Morgan fingerprint density at radius 1 is 0.224 bits per heavy atom. The molecule has 4 heterocycles. The SMILES string of the molecule is OC[C@H]1O[C@H](OCCCOCCCOCC(COCCCOCCCO[C@H]2O[C@H](CO)[C@@H](O)[C@H](O)[C@@H]2O)(COCCCOCCCO[C@H]2O[C@H](CO)[C@@H](O)[C@H](O)[C@@H]2O)COCCCOCCCO[C@H]2O[C@H](CO)[C@@H](O)[C@H](O)[C@@H]2O)[C@@H](O)[C@@H](O)[C@@H]1O. The molecule has 504 valence electrons. The van der Waals surface area contributed by atoms with Gasteiger partial charge in [-0.1, -0.05) is 0 Å². The molecule has 4 saturated heterocycles. The summed E-state index contributed by atoms with van der Waals surface area (Å²) in [6.45, 7) is 2.35. The summed E-state index contributed by atoms with van der Waals surface area (Å²) in [6.07, 6.45) is -23.9. The van der Waals surface area contributed by atoms with Crippen LogP contribution in [0, 0.1) is 5.41 Å². The van der Waals surface area contributed by atoms with E-state index in [1.54, 1.807) is 0 Å². The third kappa shape index (κ3) is 26.5. The van der Waals surface area contributed by atoms with Gasteiger partial charge in [-0.05, 0) is 51.4 Å². The Morgan fingerprint density at radius 2 is 0.400 bits per heavy atom. The van der Waals surface area contributed by atoms with Gasteiger partial charge >= 0.3 is 0 Å². The molecule has 0 radical (unpaired) electrons. The summed E-state index contributed by atoms with van der Waals surface area (Å²) in [7, 11) is 0. The van der Waals surface area contributed by atoms with Gasteiger partial charge in [-0.3, -0.25) is 0 Å². The minimum Gasteiger partial charge on any atom is -0.394 e. The van der Waals surface area contributed by atoms with Crippen molar-refractivity contribution in [2.75, 3.05) is 159 Å². The number of aliphatic hydroxyl groups excluding tert-OH is 16. The predicted octanol–water partition coefficient (Wildman–Crippen LogP) is -7.51. The molecule has 4 aliphatic heterocycles. The van der Waals surface area contributed by atoms with Gasteiger partial charge in [0.1, 0.15) is 97.7 Å². The molecule has 0 bridgehead atoms. The molecule has 32 heteroatoms.